The molecule has 0 aromatic heterocycles. The van der Waals surface area contributed by atoms with Gasteiger partial charge in [0.2, 0.25) is 5.83 Å². The van der Waals surface area contributed by atoms with Crippen LogP contribution in [0.2, 0.25) is 0 Å². The van der Waals surface area contributed by atoms with Crippen molar-refractivity contribution in [1.29, 1.82) is 0 Å². The molecule has 2 N–H and O–H groups in total. The van der Waals surface area contributed by atoms with Gasteiger partial charge in [0.05, 0.1) is 0 Å². The van der Waals surface area contributed by atoms with Gasteiger partial charge in [-0.25, -0.2) is 43.9 Å². The van der Waals surface area contributed by atoms with Crippen LogP contribution in [-0.2, 0) is 0 Å². The number of aliphatic hydroxyl groups excluding tert-OH is 1. The van der Waals surface area contributed by atoms with Gasteiger partial charge in [-0.15, -0.1) is 0 Å². The van der Waals surface area contributed by atoms with Crippen molar-refractivity contribution >= 4 is 27.4 Å². The average molecular weight is 442 g/mol. The molecular weight excluding hydrogens is 438 g/mol. The second-order valence-corrected chi connectivity index (χ2v) is 6.40. The molecule has 1 aliphatic carbocycles. The predicted octanol–water partition coefficient (Wildman–Crippen LogP) is 5.28. The fourth-order valence-electron chi connectivity index (χ4n) is 3.53. The first-order valence-electron chi connectivity index (χ1n) is 7.78. The van der Waals surface area contributed by atoms with Crippen molar-refractivity contribution in [3.05, 3.63) is 63.7 Å². The van der Waals surface area contributed by atoms with Gasteiger partial charge in [-0.3, -0.25) is 0 Å². The highest BCUT2D eigenvalue weighted by atomic mass is 19.2. The van der Waals surface area contributed by atoms with Crippen molar-refractivity contribution in [1.82, 2.24) is 0 Å². The molecule has 3 aromatic rings. The molecule has 2 atom stereocenters. The van der Waals surface area contributed by atoms with Crippen LogP contribution in [-0.4, -0.2) is 16.1 Å². The molecule has 2 unspecified atom stereocenters. The summed E-state index contributed by atoms with van der Waals surface area (Å²) in [5.74, 6) is -26.1. The third kappa shape index (κ3) is 2.23. The second-order valence-electron chi connectivity index (χ2n) is 6.40. The first kappa shape index (κ1) is 20.4. The normalized spacial score (nSPS) is 21.7. The Morgan fingerprint density at radius 1 is 0.667 bits per heavy atom. The van der Waals surface area contributed by atoms with E-state index in [1.807, 2.05) is 0 Å². The zero-order valence-corrected chi connectivity index (χ0v) is 13.8. The highest BCUT2D eigenvalue weighted by Crippen LogP contribution is 2.53. The Kier molecular flexibility index (Phi) is 4.14. The SMILES string of the molecule is OC1c2c(c3c(F)c(F)cc(F)c3c3c(F)c(F)c(F)c(F)c23)C(F)=C(F)C1(O)F. The summed E-state index contributed by atoms with van der Waals surface area (Å²) in [6.07, 6.45) is -3.36. The summed E-state index contributed by atoms with van der Waals surface area (Å²) in [5, 5.41) is 12.8. The van der Waals surface area contributed by atoms with E-state index < -0.39 is 97.0 Å². The van der Waals surface area contributed by atoms with E-state index in [9.17, 15) is 54.1 Å². The monoisotopic (exact) mass is 442 g/mol. The molecule has 0 saturated heterocycles. The molecule has 3 aromatic carbocycles. The van der Waals surface area contributed by atoms with Crippen molar-refractivity contribution in [2.24, 2.45) is 0 Å². The third-order valence-electron chi connectivity index (χ3n) is 4.83. The largest absolute Gasteiger partial charge is 0.382 e. The van der Waals surface area contributed by atoms with Crippen LogP contribution >= 0.6 is 0 Å². The van der Waals surface area contributed by atoms with Crippen LogP contribution in [0.1, 0.15) is 17.2 Å². The summed E-state index contributed by atoms with van der Waals surface area (Å²) in [6, 6.07) is -0.217. The topological polar surface area (TPSA) is 40.5 Å². The van der Waals surface area contributed by atoms with Crippen molar-refractivity contribution in [2.75, 3.05) is 0 Å². The molecule has 0 spiro atoms. The molecule has 0 bridgehead atoms. The number of halogens is 10. The Balaban J connectivity index is 2.52. The van der Waals surface area contributed by atoms with Gasteiger partial charge in [0.15, 0.2) is 40.7 Å². The van der Waals surface area contributed by atoms with Gasteiger partial charge >= 0.3 is 0 Å². The highest BCUT2D eigenvalue weighted by molar-refractivity contribution is 6.15. The lowest BCUT2D eigenvalue weighted by Gasteiger charge is -2.32. The zero-order valence-electron chi connectivity index (χ0n) is 13.8. The van der Waals surface area contributed by atoms with E-state index in [4.69, 9.17) is 0 Å². The van der Waals surface area contributed by atoms with Crippen LogP contribution in [0.5, 0.6) is 0 Å². The molecular formula is C18H4F10O2. The van der Waals surface area contributed by atoms with Gasteiger partial charge in [0, 0.05) is 38.7 Å². The first-order valence-corrected chi connectivity index (χ1v) is 7.78. The van der Waals surface area contributed by atoms with E-state index in [0.717, 1.165) is 0 Å². The highest BCUT2D eigenvalue weighted by Gasteiger charge is 2.52. The standard InChI is InChI=1S/C18H4F10O2/c19-2-1-3(20)10(21)5-4(2)6-7(12(23)15(26)14(25)11(6)22)9-8(5)13(24)16(27)18(28,30)17(9)29/h1,17,29-30H. The first-order chi connectivity index (χ1) is 13.8. The number of alkyl halides is 1. The van der Waals surface area contributed by atoms with Gasteiger partial charge in [0.25, 0.3) is 5.85 Å². The van der Waals surface area contributed by atoms with Crippen molar-refractivity contribution in [3.63, 3.8) is 0 Å². The number of hydrogen-bond acceptors (Lipinski definition) is 2. The fraction of sp³-hybridized carbons (Fsp3) is 0.111. The summed E-state index contributed by atoms with van der Waals surface area (Å²) in [5.41, 5.74) is -3.41. The molecule has 1 aliphatic rings. The maximum atomic E-state index is 14.6. The summed E-state index contributed by atoms with van der Waals surface area (Å²) in [7, 11) is 0. The number of rotatable bonds is 0. The predicted molar refractivity (Wildman–Crippen MR) is 81.3 cm³/mol. The molecule has 0 saturated carbocycles. The van der Waals surface area contributed by atoms with Gasteiger partial charge in [0.1, 0.15) is 11.9 Å². The van der Waals surface area contributed by atoms with Crippen LogP contribution in [0.25, 0.3) is 27.4 Å². The van der Waals surface area contributed by atoms with Gasteiger partial charge in [-0.1, -0.05) is 0 Å². The molecule has 0 radical (unpaired) electrons. The Bertz CT molecular complexity index is 1330. The van der Waals surface area contributed by atoms with Crippen molar-refractivity contribution in [2.45, 2.75) is 12.0 Å². The molecule has 2 nitrogen and oxygen atoms in total. The van der Waals surface area contributed by atoms with E-state index in [1.165, 1.54) is 0 Å². The zero-order chi connectivity index (χ0) is 22.4. The summed E-state index contributed by atoms with van der Waals surface area (Å²) >= 11 is 0. The number of hydrogen-bond donors (Lipinski definition) is 2. The summed E-state index contributed by atoms with van der Waals surface area (Å²) in [6.45, 7) is 0. The van der Waals surface area contributed by atoms with Crippen molar-refractivity contribution < 1.29 is 54.1 Å². The number of aliphatic hydroxyl groups is 2. The molecule has 0 aliphatic heterocycles. The lowest BCUT2D eigenvalue weighted by atomic mass is 9.81. The second kappa shape index (κ2) is 6.08. The van der Waals surface area contributed by atoms with Crippen LogP contribution in [0.3, 0.4) is 0 Å². The molecule has 0 amide bonds. The van der Waals surface area contributed by atoms with Crippen LogP contribution in [0, 0.1) is 40.7 Å². The third-order valence-corrected chi connectivity index (χ3v) is 4.83. The van der Waals surface area contributed by atoms with E-state index in [2.05, 4.69) is 0 Å². The molecule has 0 heterocycles. The van der Waals surface area contributed by atoms with Gasteiger partial charge < -0.3 is 10.2 Å². The molecule has 4 rings (SSSR count). The minimum absolute atomic E-state index is 0.217. The maximum Gasteiger partial charge on any atom is 0.292 e. The molecule has 0 fully saturated rings. The Morgan fingerprint density at radius 2 is 1.20 bits per heavy atom. The quantitative estimate of drug-likeness (QED) is 0.215. The lowest BCUT2D eigenvalue weighted by molar-refractivity contribution is -0.157. The minimum atomic E-state index is -4.65. The molecule has 158 valence electrons. The van der Waals surface area contributed by atoms with E-state index in [-0.39, 0.29) is 6.07 Å². The minimum Gasteiger partial charge on any atom is -0.382 e. The Labute approximate surface area is 158 Å². The smallest absolute Gasteiger partial charge is 0.292 e. The van der Waals surface area contributed by atoms with Gasteiger partial charge in [-0.2, -0.15) is 0 Å². The maximum absolute atomic E-state index is 14.6. The van der Waals surface area contributed by atoms with Crippen LogP contribution < -0.4 is 0 Å². The Morgan fingerprint density at radius 3 is 1.77 bits per heavy atom. The van der Waals surface area contributed by atoms with E-state index >= 15 is 0 Å². The van der Waals surface area contributed by atoms with Crippen LogP contribution in [0.4, 0.5) is 43.9 Å². The average Bonchev–Trinajstić information content (AvgIpc) is 2.69. The molecule has 12 heteroatoms. The number of benzene rings is 3. The van der Waals surface area contributed by atoms with Crippen molar-refractivity contribution in [3.8, 4) is 0 Å². The van der Waals surface area contributed by atoms with Crippen LogP contribution in [0.15, 0.2) is 11.9 Å². The molecule has 30 heavy (non-hydrogen) atoms. The fourth-order valence-corrected chi connectivity index (χ4v) is 3.53. The lowest BCUT2D eigenvalue weighted by Crippen LogP contribution is -2.36. The number of fused-ring (bicyclic) bond motifs is 6. The summed E-state index contributed by atoms with van der Waals surface area (Å²) < 4.78 is 142. The van der Waals surface area contributed by atoms with Gasteiger partial charge in [-0.05, 0) is 0 Å². The summed E-state index contributed by atoms with van der Waals surface area (Å²) in [4.78, 5) is 0. The van der Waals surface area contributed by atoms with E-state index in [0.29, 0.717) is 0 Å². The van der Waals surface area contributed by atoms with E-state index in [1.54, 1.807) is 0 Å². The Hall–Kier alpha value is -2.86.